The second-order valence-corrected chi connectivity index (χ2v) is 5.60. The van der Waals surface area contributed by atoms with E-state index in [1.165, 1.54) is 18.2 Å². The molecule has 0 aliphatic rings. The van der Waals surface area contributed by atoms with Gasteiger partial charge in [0, 0.05) is 22.2 Å². The zero-order chi connectivity index (χ0) is 15.6. The van der Waals surface area contributed by atoms with Crippen molar-refractivity contribution in [2.24, 2.45) is 0 Å². The number of non-ortho nitro benzene ring substituents is 1. The first-order valence-electron chi connectivity index (χ1n) is 5.90. The summed E-state index contributed by atoms with van der Waals surface area (Å²) in [6.07, 6.45) is 0. The van der Waals surface area contributed by atoms with Crippen molar-refractivity contribution in [3.05, 3.63) is 67.1 Å². The molecule has 0 heterocycles. The van der Waals surface area contributed by atoms with Gasteiger partial charge in [0.15, 0.2) is 0 Å². The summed E-state index contributed by atoms with van der Waals surface area (Å²) in [5.74, 6) is -0.341. The van der Waals surface area contributed by atoms with Crippen molar-refractivity contribution in [1.82, 2.24) is 0 Å². The third-order valence-electron chi connectivity index (χ3n) is 2.85. The molecule has 2 aromatic rings. The third-order valence-corrected chi connectivity index (χ3v) is 4.01. The number of hydrogen-bond acceptors (Lipinski definition) is 3. The zero-order valence-corrected chi connectivity index (χ0v) is 13.2. The fraction of sp³-hybridized carbons (Fsp3) is 0.0714. The van der Waals surface area contributed by atoms with Crippen LogP contribution < -0.4 is 5.32 Å². The van der Waals surface area contributed by atoms with E-state index in [9.17, 15) is 14.9 Å². The summed E-state index contributed by atoms with van der Waals surface area (Å²) in [7, 11) is 0. The molecule has 7 heteroatoms. The highest BCUT2D eigenvalue weighted by atomic mass is 79.9. The number of aryl methyl sites for hydroxylation is 1. The lowest BCUT2D eigenvalue weighted by Crippen LogP contribution is -2.12. The molecule has 0 aromatic heterocycles. The van der Waals surface area contributed by atoms with E-state index in [2.05, 4.69) is 21.2 Å². The molecule has 0 fully saturated rings. The number of carbonyl (C=O) groups excluding carboxylic acids is 1. The monoisotopic (exact) mass is 368 g/mol. The standard InChI is InChI=1S/C14H10BrClN2O3/c1-8-2-3-9(6-11(8)15)14(19)17-13-5-4-10(18(20)21)7-12(13)16/h2-7H,1H3,(H,17,19). The maximum Gasteiger partial charge on any atom is 0.271 e. The number of nitro benzene ring substituents is 1. The minimum absolute atomic E-state index is 0.115. The van der Waals surface area contributed by atoms with Crippen molar-refractivity contribution in [3.63, 3.8) is 0 Å². The zero-order valence-electron chi connectivity index (χ0n) is 10.9. The first-order chi connectivity index (χ1) is 9.88. The van der Waals surface area contributed by atoms with Gasteiger partial charge in [-0.25, -0.2) is 0 Å². The second-order valence-electron chi connectivity index (χ2n) is 4.34. The normalized spacial score (nSPS) is 10.2. The maximum absolute atomic E-state index is 12.1. The van der Waals surface area contributed by atoms with Crippen LogP contribution in [0.2, 0.25) is 5.02 Å². The van der Waals surface area contributed by atoms with Crippen LogP contribution in [0.5, 0.6) is 0 Å². The van der Waals surface area contributed by atoms with Crippen molar-refractivity contribution >= 4 is 44.8 Å². The molecule has 0 saturated heterocycles. The number of nitrogens with zero attached hydrogens (tertiary/aromatic N) is 1. The third kappa shape index (κ3) is 3.59. The van der Waals surface area contributed by atoms with Crippen LogP contribution in [-0.4, -0.2) is 10.8 Å². The Balaban J connectivity index is 2.23. The van der Waals surface area contributed by atoms with Gasteiger partial charge in [-0.2, -0.15) is 0 Å². The Bertz CT molecular complexity index is 734. The lowest BCUT2D eigenvalue weighted by Gasteiger charge is -2.08. The minimum Gasteiger partial charge on any atom is -0.321 e. The van der Waals surface area contributed by atoms with Gasteiger partial charge in [-0.3, -0.25) is 14.9 Å². The molecule has 2 rings (SSSR count). The van der Waals surface area contributed by atoms with E-state index < -0.39 is 4.92 Å². The highest BCUT2D eigenvalue weighted by molar-refractivity contribution is 9.10. The van der Waals surface area contributed by atoms with Crippen molar-refractivity contribution in [2.45, 2.75) is 6.92 Å². The van der Waals surface area contributed by atoms with E-state index in [0.29, 0.717) is 11.3 Å². The topological polar surface area (TPSA) is 72.2 Å². The van der Waals surface area contributed by atoms with Gasteiger partial charge in [0.1, 0.15) is 0 Å². The van der Waals surface area contributed by atoms with Crippen molar-refractivity contribution in [3.8, 4) is 0 Å². The van der Waals surface area contributed by atoms with Gasteiger partial charge in [-0.05, 0) is 30.7 Å². The van der Waals surface area contributed by atoms with Crippen LogP contribution in [-0.2, 0) is 0 Å². The average Bonchev–Trinajstić information content (AvgIpc) is 2.43. The van der Waals surface area contributed by atoms with E-state index >= 15 is 0 Å². The number of anilines is 1. The SMILES string of the molecule is Cc1ccc(C(=O)Nc2ccc([N+](=O)[O-])cc2Cl)cc1Br. The Morgan fingerprint density at radius 3 is 2.57 bits per heavy atom. The quantitative estimate of drug-likeness (QED) is 0.636. The van der Waals surface area contributed by atoms with Gasteiger partial charge < -0.3 is 5.32 Å². The van der Waals surface area contributed by atoms with Crippen LogP contribution in [0.1, 0.15) is 15.9 Å². The summed E-state index contributed by atoms with van der Waals surface area (Å²) >= 11 is 9.29. The molecule has 0 aliphatic carbocycles. The van der Waals surface area contributed by atoms with Crippen LogP contribution in [0.4, 0.5) is 11.4 Å². The molecule has 0 atom stereocenters. The summed E-state index contributed by atoms with van der Waals surface area (Å²) in [5, 5.41) is 13.4. The molecular weight excluding hydrogens is 360 g/mol. The van der Waals surface area contributed by atoms with Crippen LogP contribution in [0.3, 0.4) is 0 Å². The molecule has 5 nitrogen and oxygen atoms in total. The number of nitrogens with one attached hydrogen (secondary N) is 1. The summed E-state index contributed by atoms with van der Waals surface area (Å²) < 4.78 is 0.824. The van der Waals surface area contributed by atoms with Gasteiger partial charge in [0.05, 0.1) is 15.6 Å². The minimum atomic E-state index is -0.547. The Hall–Kier alpha value is -1.92. The number of benzene rings is 2. The fourth-order valence-electron chi connectivity index (χ4n) is 1.65. The Kier molecular flexibility index (Phi) is 4.59. The van der Waals surface area contributed by atoms with E-state index in [1.807, 2.05) is 13.0 Å². The number of hydrogen-bond donors (Lipinski definition) is 1. The Morgan fingerprint density at radius 1 is 1.29 bits per heavy atom. The molecule has 1 amide bonds. The molecule has 108 valence electrons. The van der Waals surface area contributed by atoms with E-state index in [1.54, 1.807) is 12.1 Å². The Labute approximate surface area is 134 Å². The van der Waals surface area contributed by atoms with E-state index in [4.69, 9.17) is 11.6 Å². The molecule has 0 bridgehead atoms. The smallest absolute Gasteiger partial charge is 0.271 e. The van der Waals surface area contributed by atoms with Crippen LogP contribution in [0.15, 0.2) is 40.9 Å². The van der Waals surface area contributed by atoms with Crippen molar-refractivity contribution in [1.29, 1.82) is 0 Å². The molecule has 0 spiro atoms. The first-order valence-corrected chi connectivity index (χ1v) is 7.07. The number of amides is 1. The lowest BCUT2D eigenvalue weighted by atomic mass is 10.1. The Morgan fingerprint density at radius 2 is 2.00 bits per heavy atom. The highest BCUT2D eigenvalue weighted by Gasteiger charge is 2.13. The van der Waals surface area contributed by atoms with Gasteiger partial charge in [-0.15, -0.1) is 0 Å². The van der Waals surface area contributed by atoms with Crippen molar-refractivity contribution < 1.29 is 9.72 Å². The summed E-state index contributed by atoms with van der Waals surface area (Å²) in [6, 6.07) is 9.09. The number of rotatable bonds is 3. The largest absolute Gasteiger partial charge is 0.321 e. The van der Waals surface area contributed by atoms with Crippen LogP contribution in [0.25, 0.3) is 0 Å². The van der Waals surface area contributed by atoms with Gasteiger partial charge in [0.2, 0.25) is 0 Å². The van der Waals surface area contributed by atoms with Gasteiger partial charge in [-0.1, -0.05) is 33.6 Å². The summed E-state index contributed by atoms with van der Waals surface area (Å²) in [5.41, 5.74) is 1.67. The lowest BCUT2D eigenvalue weighted by molar-refractivity contribution is -0.384. The first kappa shape index (κ1) is 15.5. The average molecular weight is 370 g/mol. The maximum atomic E-state index is 12.1. The molecule has 1 N–H and O–H groups in total. The molecular formula is C14H10BrClN2O3. The number of halogens is 2. The fourth-order valence-corrected chi connectivity index (χ4v) is 2.25. The number of nitro groups is 1. The molecule has 0 radical (unpaired) electrons. The van der Waals surface area contributed by atoms with E-state index in [-0.39, 0.29) is 16.6 Å². The molecule has 0 saturated carbocycles. The summed E-state index contributed by atoms with van der Waals surface area (Å²) in [6.45, 7) is 1.92. The van der Waals surface area contributed by atoms with Crippen molar-refractivity contribution in [2.75, 3.05) is 5.32 Å². The molecule has 2 aromatic carbocycles. The second kappa shape index (κ2) is 6.24. The van der Waals surface area contributed by atoms with E-state index in [0.717, 1.165) is 10.0 Å². The molecule has 0 aliphatic heterocycles. The van der Waals surface area contributed by atoms with Crippen LogP contribution in [0, 0.1) is 17.0 Å². The van der Waals surface area contributed by atoms with Gasteiger partial charge >= 0.3 is 0 Å². The summed E-state index contributed by atoms with van der Waals surface area (Å²) in [4.78, 5) is 22.2. The van der Waals surface area contributed by atoms with Crippen LogP contribution >= 0.6 is 27.5 Å². The number of carbonyl (C=O) groups is 1. The van der Waals surface area contributed by atoms with Gasteiger partial charge in [0.25, 0.3) is 11.6 Å². The molecule has 21 heavy (non-hydrogen) atoms. The highest BCUT2D eigenvalue weighted by Crippen LogP contribution is 2.27. The molecule has 0 unspecified atom stereocenters. The predicted molar refractivity (Wildman–Crippen MR) is 84.9 cm³/mol. The predicted octanol–water partition coefficient (Wildman–Crippen LogP) is 4.57.